The Morgan fingerprint density at radius 3 is 2.90 bits per heavy atom. The van der Waals surface area contributed by atoms with Gasteiger partial charge in [0.25, 0.3) is 5.91 Å². The van der Waals surface area contributed by atoms with Crippen molar-refractivity contribution in [2.45, 2.75) is 31.7 Å². The minimum atomic E-state index is -0.429. The van der Waals surface area contributed by atoms with E-state index in [0.717, 1.165) is 19.3 Å². The van der Waals surface area contributed by atoms with Crippen molar-refractivity contribution in [1.29, 1.82) is 0 Å². The lowest BCUT2D eigenvalue weighted by Crippen LogP contribution is -2.41. The van der Waals surface area contributed by atoms with Gasteiger partial charge < -0.3 is 5.32 Å². The number of nitrogens with one attached hydrogen (secondary N) is 1. The summed E-state index contributed by atoms with van der Waals surface area (Å²) in [6, 6.07) is 1.37. The fraction of sp³-hybridized carbons (Fsp3) is 0.500. The third kappa shape index (κ3) is 2.45. The molecule has 1 unspecified atom stereocenters. The first-order chi connectivity index (χ1) is 9.63. The van der Waals surface area contributed by atoms with Crippen LogP contribution < -0.4 is 10.2 Å². The molecule has 0 radical (unpaired) electrons. The smallest absolute Gasteiger partial charge is 0.250 e. The highest BCUT2D eigenvalue weighted by Crippen LogP contribution is 2.25. The van der Waals surface area contributed by atoms with E-state index in [4.69, 9.17) is 0 Å². The highest BCUT2D eigenvalue weighted by atomic mass is 16.2. The minimum Gasteiger partial charge on any atom is -0.341 e. The van der Waals surface area contributed by atoms with Gasteiger partial charge in [-0.1, -0.05) is 5.57 Å². The van der Waals surface area contributed by atoms with E-state index in [1.165, 1.54) is 5.57 Å². The van der Waals surface area contributed by atoms with E-state index in [1.54, 1.807) is 27.9 Å². The molecule has 1 aromatic heterocycles. The summed E-state index contributed by atoms with van der Waals surface area (Å²) in [4.78, 5) is 25.7. The molecule has 1 N–H and O–H groups in total. The molecule has 1 saturated carbocycles. The Bertz CT molecular complexity index is 569. The Balaban J connectivity index is 1.62. The zero-order valence-corrected chi connectivity index (χ0v) is 11.5. The van der Waals surface area contributed by atoms with E-state index >= 15 is 0 Å². The van der Waals surface area contributed by atoms with Gasteiger partial charge >= 0.3 is 0 Å². The standard InChI is InChI=1S/C14H18N4O2/c1-17-7-6-12(16-17)18-8-5-11(14(18)20)15-13(19)9-10-3-2-4-10/h6-7,9,11H,2-5,8H2,1H3,(H,15,19). The number of carbonyl (C=O) groups is 2. The summed E-state index contributed by atoms with van der Waals surface area (Å²) >= 11 is 0. The second kappa shape index (κ2) is 5.11. The SMILES string of the molecule is Cn1ccc(N2CCC(NC(=O)C=C3CCC3)C2=O)n1. The van der Waals surface area contributed by atoms with E-state index in [2.05, 4.69) is 10.4 Å². The molecule has 1 aliphatic carbocycles. The lowest BCUT2D eigenvalue weighted by molar-refractivity contribution is -0.123. The quantitative estimate of drug-likeness (QED) is 0.827. The topological polar surface area (TPSA) is 67.2 Å². The average molecular weight is 274 g/mol. The Hall–Kier alpha value is -2.11. The second-order valence-electron chi connectivity index (χ2n) is 5.34. The molecule has 3 rings (SSSR count). The Morgan fingerprint density at radius 1 is 1.50 bits per heavy atom. The molecule has 20 heavy (non-hydrogen) atoms. The Kier molecular flexibility index (Phi) is 3.30. The summed E-state index contributed by atoms with van der Waals surface area (Å²) < 4.78 is 1.66. The van der Waals surface area contributed by atoms with Crippen molar-refractivity contribution in [3.8, 4) is 0 Å². The fourth-order valence-corrected chi connectivity index (χ4v) is 2.51. The molecule has 2 heterocycles. The van der Waals surface area contributed by atoms with Crippen LogP contribution in [-0.4, -0.2) is 34.2 Å². The van der Waals surface area contributed by atoms with Crippen LogP contribution in [0.1, 0.15) is 25.7 Å². The Labute approximate surface area is 117 Å². The van der Waals surface area contributed by atoms with Crippen molar-refractivity contribution < 1.29 is 9.59 Å². The summed E-state index contributed by atoms with van der Waals surface area (Å²) in [5.41, 5.74) is 1.18. The normalized spacial score (nSPS) is 21.9. The number of anilines is 1. The maximum atomic E-state index is 12.3. The molecular formula is C14H18N4O2. The minimum absolute atomic E-state index is 0.0796. The summed E-state index contributed by atoms with van der Waals surface area (Å²) in [5.74, 6) is 0.413. The zero-order chi connectivity index (χ0) is 14.1. The van der Waals surface area contributed by atoms with E-state index in [0.29, 0.717) is 18.8 Å². The molecule has 2 amide bonds. The molecule has 1 aromatic rings. The van der Waals surface area contributed by atoms with Crippen LogP contribution in [0, 0.1) is 0 Å². The van der Waals surface area contributed by atoms with Gasteiger partial charge in [-0.05, 0) is 25.7 Å². The van der Waals surface area contributed by atoms with Gasteiger partial charge in [-0.25, -0.2) is 0 Å². The first kappa shape index (κ1) is 12.9. The lowest BCUT2D eigenvalue weighted by atomic mass is 9.92. The largest absolute Gasteiger partial charge is 0.341 e. The summed E-state index contributed by atoms with van der Waals surface area (Å²) in [5, 5.41) is 7.02. The number of amides is 2. The number of carbonyl (C=O) groups excluding carboxylic acids is 2. The third-order valence-corrected chi connectivity index (χ3v) is 3.83. The van der Waals surface area contributed by atoms with E-state index < -0.39 is 6.04 Å². The van der Waals surface area contributed by atoms with Crippen LogP contribution in [0.4, 0.5) is 5.82 Å². The van der Waals surface area contributed by atoms with Crippen LogP contribution in [0.25, 0.3) is 0 Å². The van der Waals surface area contributed by atoms with Crippen molar-refractivity contribution in [1.82, 2.24) is 15.1 Å². The summed E-state index contributed by atoms with van der Waals surface area (Å²) in [7, 11) is 1.81. The fourth-order valence-electron chi connectivity index (χ4n) is 2.51. The van der Waals surface area contributed by atoms with Crippen LogP contribution in [0.2, 0.25) is 0 Å². The second-order valence-corrected chi connectivity index (χ2v) is 5.34. The molecule has 0 aromatic carbocycles. The van der Waals surface area contributed by atoms with E-state index in [9.17, 15) is 9.59 Å². The van der Waals surface area contributed by atoms with Crippen molar-refractivity contribution in [2.24, 2.45) is 7.05 Å². The molecule has 6 nitrogen and oxygen atoms in total. The molecule has 2 fully saturated rings. The van der Waals surface area contributed by atoms with Crippen molar-refractivity contribution in [3.63, 3.8) is 0 Å². The van der Waals surface area contributed by atoms with Gasteiger partial charge in [-0.2, -0.15) is 5.10 Å². The molecule has 1 atom stereocenters. The number of aryl methyl sites for hydroxylation is 1. The molecule has 6 heteroatoms. The molecule has 1 aliphatic heterocycles. The maximum absolute atomic E-state index is 12.3. The molecule has 0 bridgehead atoms. The number of allylic oxidation sites excluding steroid dienone is 1. The molecule has 106 valence electrons. The zero-order valence-electron chi connectivity index (χ0n) is 11.5. The number of nitrogens with zero attached hydrogens (tertiary/aromatic N) is 3. The van der Waals surface area contributed by atoms with Gasteiger partial charge in [0.2, 0.25) is 5.91 Å². The first-order valence-corrected chi connectivity index (χ1v) is 6.94. The predicted molar refractivity (Wildman–Crippen MR) is 74.0 cm³/mol. The lowest BCUT2D eigenvalue weighted by Gasteiger charge is -2.17. The highest BCUT2D eigenvalue weighted by Gasteiger charge is 2.34. The van der Waals surface area contributed by atoms with E-state index in [-0.39, 0.29) is 11.8 Å². The number of rotatable bonds is 3. The van der Waals surface area contributed by atoms with Crippen molar-refractivity contribution in [2.75, 3.05) is 11.4 Å². The van der Waals surface area contributed by atoms with Gasteiger partial charge in [0, 0.05) is 31.9 Å². The monoisotopic (exact) mass is 274 g/mol. The van der Waals surface area contributed by atoms with Crippen molar-refractivity contribution >= 4 is 17.6 Å². The molecule has 0 spiro atoms. The maximum Gasteiger partial charge on any atom is 0.250 e. The summed E-state index contributed by atoms with van der Waals surface area (Å²) in [6.07, 6.45) is 7.24. The number of aromatic nitrogens is 2. The Morgan fingerprint density at radius 2 is 2.30 bits per heavy atom. The number of hydrogen-bond donors (Lipinski definition) is 1. The van der Waals surface area contributed by atoms with Crippen LogP contribution in [0.15, 0.2) is 23.9 Å². The van der Waals surface area contributed by atoms with Gasteiger partial charge in [0.05, 0.1) is 0 Å². The van der Waals surface area contributed by atoms with Gasteiger partial charge in [-0.15, -0.1) is 0 Å². The number of hydrogen-bond acceptors (Lipinski definition) is 3. The van der Waals surface area contributed by atoms with Crippen molar-refractivity contribution in [3.05, 3.63) is 23.9 Å². The predicted octanol–water partition coefficient (Wildman–Crippen LogP) is 0.752. The first-order valence-electron chi connectivity index (χ1n) is 6.94. The van der Waals surface area contributed by atoms with Crippen LogP contribution >= 0.6 is 0 Å². The van der Waals surface area contributed by atoms with Gasteiger partial charge in [-0.3, -0.25) is 19.2 Å². The van der Waals surface area contributed by atoms with E-state index in [1.807, 2.05) is 7.05 Å². The van der Waals surface area contributed by atoms with Gasteiger partial charge in [0.1, 0.15) is 6.04 Å². The van der Waals surface area contributed by atoms with Crippen LogP contribution in [-0.2, 0) is 16.6 Å². The molecular weight excluding hydrogens is 256 g/mol. The van der Waals surface area contributed by atoms with Crippen LogP contribution in [0.5, 0.6) is 0 Å². The molecule has 1 saturated heterocycles. The molecule has 2 aliphatic rings. The third-order valence-electron chi connectivity index (χ3n) is 3.83. The van der Waals surface area contributed by atoms with Crippen LogP contribution in [0.3, 0.4) is 0 Å². The highest BCUT2D eigenvalue weighted by molar-refractivity contribution is 6.02. The summed E-state index contributed by atoms with van der Waals surface area (Å²) in [6.45, 7) is 0.595. The van der Waals surface area contributed by atoms with Gasteiger partial charge in [0.15, 0.2) is 5.82 Å². The average Bonchev–Trinajstić information content (AvgIpc) is 2.92.